The van der Waals surface area contributed by atoms with Crippen molar-refractivity contribution in [1.29, 1.82) is 0 Å². The van der Waals surface area contributed by atoms with E-state index in [1.807, 2.05) is 35.3 Å². The van der Waals surface area contributed by atoms with Gasteiger partial charge in [-0.1, -0.05) is 6.07 Å². The number of hydrogen-bond donors (Lipinski definition) is 1. The van der Waals surface area contributed by atoms with Gasteiger partial charge in [-0.15, -0.1) is 0 Å². The lowest BCUT2D eigenvalue weighted by molar-refractivity contribution is 0.702. The molecule has 0 saturated heterocycles. The molecule has 0 aromatic carbocycles. The van der Waals surface area contributed by atoms with Crippen LogP contribution in [-0.4, -0.2) is 19.7 Å². The number of rotatable bonds is 3. The smallest absolute Gasteiger partial charge is 0.158 e. The Morgan fingerprint density at radius 3 is 2.89 bits per heavy atom. The van der Waals surface area contributed by atoms with Crippen LogP contribution in [0.25, 0.3) is 11.0 Å². The molecule has 5 nitrogen and oxygen atoms in total. The zero-order valence-electron chi connectivity index (χ0n) is 9.82. The summed E-state index contributed by atoms with van der Waals surface area (Å²) < 4.78 is 1.87. The van der Waals surface area contributed by atoms with Crippen LogP contribution < -0.4 is 5.73 Å². The fourth-order valence-electron chi connectivity index (χ4n) is 1.91. The Hall–Kier alpha value is -2.27. The van der Waals surface area contributed by atoms with Crippen molar-refractivity contribution in [1.82, 2.24) is 19.7 Å². The Morgan fingerprint density at radius 1 is 1.17 bits per heavy atom. The molecule has 0 fully saturated rings. The number of nitrogens with two attached hydrogens (primary N) is 1. The Kier molecular flexibility index (Phi) is 2.74. The second-order valence-corrected chi connectivity index (χ2v) is 4.12. The molecule has 0 aliphatic heterocycles. The monoisotopic (exact) mass is 239 g/mol. The second-order valence-electron chi connectivity index (χ2n) is 4.12. The summed E-state index contributed by atoms with van der Waals surface area (Å²) in [4.78, 5) is 8.50. The van der Waals surface area contributed by atoms with Crippen molar-refractivity contribution in [2.75, 3.05) is 0 Å². The molecule has 0 aliphatic carbocycles. The molecule has 3 aromatic heterocycles. The van der Waals surface area contributed by atoms with Crippen molar-refractivity contribution in [3.8, 4) is 0 Å². The molecule has 0 aliphatic rings. The lowest BCUT2D eigenvalue weighted by Gasteiger charge is -2.03. The van der Waals surface area contributed by atoms with Gasteiger partial charge < -0.3 is 5.73 Å². The van der Waals surface area contributed by atoms with Gasteiger partial charge in [0.1, 0.15) is 0 Å². The minimum Gasteiger partial charge on any atom is -0.326 e. The van der Waals surface area contributed by atoms with Gasteiger partial charge in [0.2, 0.25) is 0 Å². The molecular formula is C13H13N5. The van der Waals surface area contributed by atoms with Gasteiger partial charge in [-0.25, -0.2) is 9.67 Å². The van der Waals surface area contributed by atoms with Gasteiger partial charge in [-0.05, 0) is 23.3 Å². The van der Waals surface area contributed by atoms with E-state index in [-0.39, 0.29) is 0 Å². The first kappa shape index (κ1) is 10.9. The van der Waals surface area contributed by atoms with E-state index in [4.69, 9.17) is 5.73 Å². The lowest BCUT2D eigenvalue weighted by atomic mass is 10.2. The van der Waals surface area contributed by atoms with Crippen LogP contribution in [0.3, 0.4) is 0 Å². The molecule has 0 spiro atoms. The predicted molar refractivity (Wildman–Crippen MR) is 68.8 cm³/mol. The number of hydrogen-bond acceptors (Lipinski definition) is 4. The molecule has 0 amide bonds. The zero-order valence-corrected chi connectivity index (χ0v) is 9.82. The Bertz CT molecular complexity index is 659. The molecule has 5 heteroatoms. The van der Waals surface area contributed by atoms with E-state index in [0.717, 1.165) is 22.2 Å². The van der Waals surface area contributed by atoms with Crippen LogP contribution in [0.15, 0.2) is 43.0 Å². The standard InChI is InChI=1S/C13H13N5/c14-5-11-4-12-8-17-18(13(12)16-7-11)9-10-2-1-3-15-6-10/h1-4,6-8H,5,9,14H2. The normalized spacial score (nSPS) is 10.9. The van der Waals surface area contributed by atoms with Crippen LogP contribution in [-0.2, 0) is 13.1 Å². The topological polar surface area (TPSA) is 69.6 Å². The van der Waals surface area contributed by atoms with Gasteiger partial charge in [0, 0.05) is 30.5 Å². The first-order valence-electron chi connectivity index (χ1n) is 5.76. The minimum atomic E-state index is 0.497. The minimum absolute atomic E-state index is 0.497. The molecular weight excluding hydrogens is 226 g/mol. The maximum atomic E-state index is 5.60. The maximum Gasteiger partial charge on any atom is 0.158 e. The van der Waals surface area contributed by atoms with E-state index in [0.29, 0.717) is 13.1 Å². The molecule has 2 N–H and O–H groups in total. The van der Waals surface area contributed by atoms with E-state index in [1.165, 1.54) is 0 Å². The first-order chi connectivity index (χ1) is 8.86. The molecule has 0 atom stereocenters. The third kappa shape index (κ3) is 1.96. The number of pyridine rings is 2. The van der Waals surface area contributed by atoms with Crippen LogP contribution in [0.2, 0.25) is 0 Å². The van der Waals surface area contributed by atoms with E-state index < -0.39 is 0 Å². The average Bonchev–Trinajstić information content (AvgIpc) is 2.82. The summed E-state index contributed by atoms with van der Waals surface area (Å²) >= 11 is 0. The second kappa shape index (κ2) is 4.54. The Labute approximate surface area is 104 Å². The van der Waals surface area contributed by atoms with Crippen molar-refractivity contribution >= 4 is 11.0 Å². The summed E-state index contributed by atoms with van der Waals surface area (Å²) in [7, 11) is 0. The van der Waals surface area contributed by atoms with E-state index in [1.54, 1.807) is 12.4 Å². The summed E-state index contributed by atoms with van der Waals surface area (Å²) in [6.07, 6.45) is 7.21. The molecule has 3 rings (SSSR count). The van der Waals surface area contributed by atoms with Gasteiger partial charge >= 0.3 is 0 Å². The van der Waals surface area contributed by atoms with Gasteiger partial charge in [0.25, 0.3) is 0 Å². The molecule has 90 valence electrons. The molecule has 0 radical (unpaired) electrons. The van der Waals surface area contributed by atoms with E-state index >= 15 is 0 Å². The van der Waals surface area contributed by atoms with Crippen molar-refractivity contribution in [3.05, 3.63) is 54.1 Å². The molecule has 0 saturated carbocycles. The highest BCUT2D eigenvalue weighted by atomic mass is 15.3. The SMILES string of the molecule is NCc1cnc2c(cnn2Cc2cccnc2)c1. The first-order valence-corrected chi connectivity index (χ1v) is 5.76. The summed E-state index contributed by atoms with van der Waals surface area (Å²) in [5.74, 6) is 0. The van der Waals surface area contributed by atoms with Crippen LogP contribution in [0.1, 0.15) is 11.1 Å². The third-order valence-electron chi connectivity index (χ3n) is 2.82. The van der Waals surface area contributed by atoms with Crippen molar-refractivity contribution in [3.63, 3.8) is 0 Å². The van der Waals surface area contributed by atoms with E-state index in [2.05, 4.69) is 15.1 Å². The Morgan fingerprint density at radius 2 is 2.11 bits per heavy atom. The number of fused-ring (bicyclic) bond motifs is 1. The summed E-state index contributed by atoms with van der Waals surface area (Å²) in [5.41, 5.74) is 8.59. The largest absolute Gasteiger partial charge is 0.326 e. The highest BCUT2D eigenvalue weighted by Crippen LogP contribution is 2.13. The highest BCUT2D eigenvalue weighted by molar-refractivity contribution is 5.75. The third-order valence-corrected chi connectivity index (χ3v) is 2.82. The van der Waals surface area contributed by atoms with Gasteiger partial charge in [0.05, 0.1) is 12.7 Å². The van der Waals surface area contributed by atoms with Crippen molar-refractivity contribution in [2.24, 2.45) is 5.73 Å². The van der Waals surface area contributed by atoms with Crippen molar-refractivity contribution in [2.45, 2.75) is 13.1 Å². The van der Waals surface area contributed by atoms with Crippen LogP contribution in [0, 0.1) is 0 Å². The van der Waals surface area contributed by atoms with Crippen LogP contribution in [0.5, 0.6) is 0 Å². The van der Waals surface area contributed by atoms with Crippen LogP contribution >= 0.6 is 0 Å². The predicted octanol–water partition coefficient (Wildman–Crippen LogP) is 1.33. The van der Waals surface area contributed by atoms with Gasteiger partial charge in [0.15, 0.2) is 5.65 Å². The number of aromatic nitrogens is 4. The van der Waals surface area contributed by atoms with E-state index in [9.17, 15) is 0 Å². The molecule has 3 heterocycles. The highest BCUT2D eigenvalue weighted by Gasteiger charge is 2.05. The summed E-state index contributed by atoms with van der Waals surface area (Å²) in [6, 6.07) is 5.96. The molecule has 18 heavy (non-hydrogen) atoms. The fourth-order valence-corrected chi connectivity index (χ4v) is 1.91. The quantitative estimate of drug-likeness (QED) is 0.748. The zero-order chi connectivity index (χ0) is 12.4. The summed E-state index contributed by atoms with van der Waals surface area (Å²) in [6.45, 7) is 1.17. The van der Waals surface area contributed by atoms with Gasteiger partial charge in [-0.3, -0.25) is 4.98 Å². The van der Waals surface area contributed by atoms with Crippen LogP contribution in [0.4, 0.5) is 0 Å². The lowest BCUT2D eigenvalue weighted by Crippen LogP contribution is -2.03. The maximum absolute atomic E-state index is 5.60. The Balaban J connectivity index is 1.98. The molecule has 0 unspecified atom stereocenters. The summed E-state index contributed by atoms with van der Waals surface area (Å²) in [5, 5.41) is 5.37. The fraction of sp³-hybridized carbons (Fsp3) is 0.154. The molecule has 3 aromatic rings. The molecule has 0 bridgehead atoms. The van der Waals surface area contributed by atoms with Gasteiger partial charge in [-0.2, -0.15) is 5.10 Å². The average molecular weight is 239 g/mol. The van der Waals surface area contributed by atoms with Crippen molar-refractivity contribution < 1.29 is 0 Å². The number of nitrogens with zero attached hydrogens (tertiary/aromatic N) is 4.